The van der Waals surface area contributed by atoms with Crippen LogP contribution in [0.25, 0.3) is 0 Å². The molecule has 0 aliphatic carbocycles. The summed E-state index contributed by atoms with van der Waals surface area (Å²) in [6, 6.07) is 0. The first-order valence-electron chi connectivity index (χ1n) is 5.83. The van der Waals surface area contributed by atoms with E-state index in [0.29, 0.717) is 6.61 Å². The van der Waals surface area contributed by atoms with Crippen LogP contribution in [0, 0.1) is 6.92 Å². The lowest BCUT2D eigenvalue weighted by atomic mass is 10.5. The van der Waals surface area contributed by atoms with Crippen molar-refractivity contribution in [2.75, 3.05) is 12.5 Å². The number of esters is 1. The first-order chi connectivity index (χ1) is 10.1. The predicted molar refractivity (Wildman–Crippen MR) is 88.6 cm³/mol. The molecule has 0 saturated heterocycles. The summed E-state index contributed by atoms with van der Waals surface area (Å²) in [6.07, 6.45) is 0. The number of aryl methyl sites for hydroxylation is 1. The standard InChI is InChI=1S/C5H5NO2S.C4H7NO2S.C3H5ClO/c1-3-2-9-4(6-3)5(7)8;1-2-7-4(6)3(5)8;1-3(5)2-4/h2H,1H3,(H,7,8);2H2,1H3,(H2,5,8);2H2,1H3. The molecule has 0 unspecified atom stereocenters. The molecule has 0 aromatic carbocycles. The number of halogens is 1. The van der Waals surface area contributed by atoms with Crippen molar-refractivity contribution in [1.82, 2.24) is 4.98 Å². The zero-order valence-corrected chi connectivity index (χ0v) is 14.7. The largest absolute Gasteiger partial charge is 0.476 e. The molecule has 10 heteroatoms. The molecule has 0 amide bonds. The SMILES string of the molecule is CC(=O)CCl.CCOC(=O)C(N)=S.Cc1csc(C(=O)O)n1. The molecule has 22 heavy (non-hydrogen) atoms. The van der Waals surface area contributed by atoms with Gasteiger partial charge in [-0.25, -0.2) is 14.6 Å². The van der Waals surface area contributed by atoms with E-state index in [2.05, 4.69) is 21.9 Å². The van der Waals surface area contributed by atoms with E-state index in [-0.39, 0.29) is 21.7 Å². The highest BCUT2D eigenvalue weighted by Gasteiger charge is 2.05. The maximum Gasteiger partial charge on any atom is 0.365 e. The van der Waals surface area contributed by atoms with E-state index in [1.165, 1.54) is 6.92 Å². The number of Topliss-reactive ketones (excluding diaryl/α,β-unsaturated/α-hetero) is 1. The average Bonchev–Trinajstić information content (AvgIpc) is 2.87. The number of thiazole rings is 1. The fourth-order valence-corrected chi connectivity index (χ4v) is 1.35. The summed E-state index contributed by atoms with van der Waals surface area (Å²) in [4.78, 5) is 33.6. The first-order valence-corrected chi connectivity index (χ1v) is 7.65. The number of rotatable bonds is 3. The highest BCUT2D eigenvalue weighted by atomic mass is 35.5. The molecule has 0 radical (unpaired) electrons. The van der Waals surface area contributed by atoms with E-state index >= 15 is 0 Å². The number of nitrogens with zero attached hydrogens (tertiary/aromatic N) is 1. The maximum absolute atomic E-state index is 10.3. The Morgan fingerprint density at radius 3 is 2.14 bits per heavy atom. The molecule has 0 spiro atoms. The lowest BCUT2D eigenvalue weighted by Crippen LogP contribution is -2.23. The number of ketones is 1. The minimum atomic E-state index is -0.951. The van der Waals surface area contributed by atoms with Crippen LogP contribution < -0.4 is 5.73 Å². The van der Waals surface area contributed by atoms with Crippen molar-refractivity contribution in [1.29, 1.82) is 0 Å². The second-order valence-electron chi connectivity index (χ2n) is 3.52. The fourth-order valence-electron chi connectivity index (χ4n) is 0.654. The lowest BCUT2D eigenvalue weighted by Gasteiger charge is -1.95. The molecule has 0 aliphatic heterocycles. The summed E-state index contributed by atoms with van der Waals surface area (Å²) in [5.41, 5.74) is 5.64. The van der Waals surface area contributed by atoms with Gasteiger partial charge in [0.15, 0.2) is 4.99 Å². The molecule has 0 aliphatic rings. The van der Waals surface area contributed by atoms with Crippen molar-refractivity contribution in [2.24, 2.45) is 5.73 Å². The molecule has 0 fully saturated rings. The van der Waals surface area contributed by atoms with E-state index in [0.717, 1.165) is 17.0 Å². The van der Waals surface area contributed by atoms with Gasteiger partial charge in [0.25, 0.3) is 0 Å². The van der Waals surface area contributed by atoms with Crippen LogP contribution in [0.15, 0.2) is 5.38 Å². The second-order valence-corrected chi connectivity index (χ2v) is 5.08. The number of ether oxygens (including phenoxy) is 1. The van der Waals surface area contributed by atoms with Crippen molar-refractivity contribution < 1.29 is 24.2 Å². The van der Waals surface area contributed by atoms with Crippen LogP contribution in [0.1, 0.15) is 29.3 Å². The normalized spacial score (nSPS) is 8.55. The zero-order valence-electron chi connectivity index (χ0n) is 12.3. The highest BCUT2D eigenvalue weighted by molar-refractivity contribution is 7.81. The summed E-state index contributed by atoms with van der Waals surface area (Å²) < 4.78 is 4.40. The Labute approximate surface area is 142 Å². The van der Waals surface area contributed by atoms with Gasteiger partial charge in [0.05, 0.1) is 12.5 Å². The molecule has 7 nitrogen and oxygen atoms in total. The summed E-state index contributed by atoms with van der Waals surface area (Å²) >= 11 is 10.4. The number of aromatic carboxylic acids is 1. The summed E-state index contributed by atoms with van der Waals surface area (Å²) in [5.74, 6) is -1.40. The monoisotopic (exact) mass is 368 g/mol. The average molecular weight is 369 g/mol. The second kappa shape index (κ2) is 13.1. The smallest absolute Gasteiger partial charge is 0.365 e. The van der Waals surface area contributed by atoms with Crippen molar-refractivity contribution in [2.45, 2.75) is 20.8 Å². The van der Waals surface area contributed by atoms with E-state index < -0.39 is 11.9 Å². The van der Waals surface area contributed by atoms with Gasteiger partial charge in [-0.2, -0.15) is 0 Å². The van der Waals surface area contributed by atoms with Gasteiger partial charge in [0, 0.05) is 11.1 Å². The number of hydrogen-bond acceptors (Lipinski definition) is 7. The van der Waals surface area contributed by atoms with Gasteiger partial charge in [0.2, 0.25) is 5.01 Å². The van der Waals surface area contributed by atoms with Gasteiger partial charge < -0.3 is 15.6 Å². The van der Waals surface area contributed by atoms with Gasteiger partial charge in [-0.05, 0) is 20.8 Å². The van der Waals surface area contributed by atoms with E-state index in [1.807, 2.05) is 0 Å². The Hall–Kier alpha value is -1.58. The Morgan fingerprint density at radius 2 is 2.00 bits per heavy atom. The summed E-state index contributed by atoms with van der Waals surface area (Å²) in [6.45, 7) is 5.22. The molecule has 0 bridgehead atoms. The van der Waals surface area contributed by atoms with Crippen molar-refractivity contribution >= 4 is 57.9 Å². The first kappa shape index (κ1) is 22.7. The quantitative estimate of drug-likeness (QED) is 0.470. The summed E-state index contributed by atoms with van der Waals surface area (Å²) in [5, 5.41) is 10.2. The molecular weight excluding hydrogens is 352 g/mol. The molecule has 1 aromatic heterocycles. The van der Waals surface area contributed by atoms with Crippen LogP contribution in [0.2, 0.25) is 0 Å². The third kappa shape index (κ3) is 13.4. The van der Waals surface area contributed by atoms with Gasteiger partial charge in [-0.3, -0.25) is 4.79 Å². The van der Waals surface area contributed by atoms with Crippen molar-refractivity contribution in [3.8, 4) is 0 Å². The predicted octanol–water partition coefficient (Wildman–Crippen LogP) is 1.80. The van der Waals surface area contributed by atoms with E-state index in [1.54, 1.807) is 19.2 Å². The van der Waals surface area contributed by atoms with Crippen LogP contribution in [-0.2, 0) is 14.3 Å². The third-order valence-corrected chi connectivity index (χ3v) is 2.96. The number of aromatic nitrogens is 1. The molecule has 124 valence electrons. The number of nitrogens with two attached hydrogens (primary N) is 1. The number of hydrogen-bond donors (Lipinski definition) is 2. The molecule has 1 heterocycles. The van der Waals surface area contributed by atoms with Gasteiger partial charge >= 0.3 is 11.9 Å². The van der Waals surface area contributed by atoms with Crippen molar-refractivity contribution in [3.63, 3.8) is 0 Å². The van der Waals surface area contributed by atoms with Gasteiger partial charge in [0.1, 0.15) is 5.78 Å². The minimum absolute atomic E-state index is 0.0201. The molecule has 0 saturated carbocycles. The van der Waals surface area contributed by atoms with Crippen molar-refractivity contribution in [3.05, 3.63) is 16.1 Å². The van der Waals surface area contributed by atoms with Crippen LogP contribution in [0.4, 0.5) is 0 Å². The molecular formula is C12H17ClN2O5S2. The Morgan fingerprint density at radius 1 is 1.50 bits per heavy atom. The maximum atomic E-state index is 10.3. The Balaban J connectivity index is 0. The lowest BCUT2D eigenvalue weighted by molar-refractivity contribution is -0.134. The van der Waals surface area contributed by atoms with E-state index in [4.69, 9.17) is 22.4 Å². The topological polar surface area (TPSA) is 120 Å². The van der Waals surface area contributed by atoms with Crippen LogP contribution in [0.5, 0.6) is 0 Å². The van der Waals surface area contributed by atoms with Crippen LogP contribution in [-0.4, -0.2) is 45.3 Å². The Kier molecular flexibility index (Phi) is 13.5. The molecule has 1 rings (SSSR count). The number of carboxylic acids is 1. The van der Waals surface area contributed by atoms with Crippen LogP contribution >= 0.6 is 35.2 Å². The number of alkyl halides is 1. The van der Waals surface area contributed by atoms with Crippen LogP contribution in [0.3, 0.4) is 0 Å². The highest BCUT2D eigenvalue weighted by Crippen LogP contribution is 2.07. The van der Waals surface area contributed by atoms with Gasteiger partial charge in [-0.1, -0.05) is 12.2 Å². The third-order valence-electron chi connectivity index (χ3n) is 1.47. The minimum Gasteiger partial charge on any atom is -0.476 e. The fraction of sp³-hybridized carbons (Fsp3) is 0.417. The summed E-state index contributed by atoms with van der Waals surface area (Å²) in [7, 11) is 0. The molecule has 0 atom stereocenters. The number of thiocarbonyl (C=S) groups is 1. The number of carbonyl (C=O) groups is 3. The zero-order chi connectivity index (χ0) is 17.7. The van der Waals surface area contributed by atoms with Gasteiger partial charge in [-0.15, -0.1) is 22.9 Å². The Bertz CT molecular complexity index is 519. The van der Waals surface area contributed by atoms with E-state index in [9.17, 15) is 14.4 Å². The molecule has 3 N–H and O–H groups in total. The number of carbonyl (C=O) groups excluding carboxylic acids is 2. The molecule has 1 aromatic rings. The number of carboxylic acid groups (broad SMARTS) is 1.